The van der Waals surface area contributed by atoms with Gasteiger partial charge in [-0.15, -0.1) is 12.4 Å². The summed E-state index contributed by atoms with van der Waals surface area (Å²) in [4.78, 5) is 13.7. The van der Waals surface area contributed by atoms with Crippen molar-refractivity contribution in [2.45, 2.75) is 25.7 Å². The third-order valence-corrected chi connectivity index (χ3v) is 3.67. The summed E-state index contributed by atoms with van der Waals surface area (Å²) in [7, 11) is 1.88. The lowest BCUT2D eigenvalue weighted by atomic mass is 10.0. The highest BCUT2D eigenvalue weighted by Crippen LogP contribution is 2.28. The van der Waals surface area contributed by atoms with Crippen LogP contribution in [-0.4, -0.2) is 50.7 Å². The Balaban J connectivity index is 0.00000162. The SMILES string of the molecule is CN(CCOCC1CC1)C(=O)CC1CCNC1.Cl. The van der Waals surface area contributed by atoms with Gasteiger partial charge in [-0.2, -0.15) is 0 Å². The molecule has 18 heavy (non-hydrogen) atoms. The molecule has 1 aliphatic heterocycles. The fourth-order valence-electron chi connectivity index (χ4n) is 2.15. The Morgan fingerprint density at radius 3 is 2.72 bits per heavy atom. The standard InChI is InChI=1S/C13H24N2O2.ClH/c1-15(6-7-17-10-11-2-3-11)13(16)8-12-4-5-14-9-12;/h11-12,14H,2-10H2,1H3;1H. The van der Waals surface area contributed by atoms with Crippen LogP contribution in [0.2, 0.25) is 0 Å². The molecule has 1 saturated heterocycles. The number of rotatable bonds is 7. The number of amides is 1. The van der Waals surface area contributed by atoms with E-state index >= 15 is 0 Å². The zero-order valence-electron chi connectivity index (χ0n) is 11.2. The van der Waals surface area contributed by atoms with Crippen LogP contribution in [0, 0.1) is 11.8 Å². The van der Waals surface area contributed by atoms with Gasteiger partial charge < -0.3 is 15.0 Å². The highest BCUT2D eigenvalue weighted by Gasteiger charge is 2.22. The summed E-state index contributed by atoms with van der Waals surface area (Å²) in [5.41, 5.74) is 0. The van der Waals surface area contributed by atoms with Gasteiger partial charge in [-0.05, 0) is 44.2 Å². The van der Waals surface area contributed by atoms with Crippen LogP contribution >= 0.6 is 12.4 Å². The molecule has 4 nitrogen and oxygen atoms in total. The van der Waals surface area contributed by atoms with E-state index < -0.39 is 0 Å². The molecule has 1 atom stereocenters. The van der Waals surface area contributed by atoms with Crippen LogP contribution in [0.15, 0.2) is 0 Å². The minimum atomic E-state index is 0. The summed E-state index contributed by atoms with van der Waals surface area (Å²) < 4.78 is 5.54. The third kappa shape index (κ3) is 5.55. The van der Waals surface area contributed by atoms with Gasteiger partial charge in [0.2, 0.25) is 5.91 Å². The number of likely N-dealkylation sites (N-methyl/N-ethyl adjacent to an activating group) is 1. The number of hydrogen-bond donors (Lipinski definition) is 1. The fraction of sp³-hybridized carbons (Fsp3) is 0.923. The van der Waals surface area contributed by atoms with Gasteiger partial charge in [0, 0.05) is 26.6 Å². The molecule has 0 radical (unpaired) electrons. The van der Waals surface area contributed by atoms with Gasteiger partial charge >= 0.3 is 0 Å². The number of carbonyl (C=O) groups excluding carboxylic acids is 1. The first-order valence-corrected chi connectivity index (χ1v) is 6.78. The van der Waals surface area contributed by atoms with E-state index in [1.165, 1.54) is 12.8 Å². The predicted molar refractivity (Wildman–Crippen MR) is 74.0 cm³/mol. The van der Waals surface area contributed by atoms with Gasteiger partial charge in [0.25, 0.3) is 0 Å². The summed E-state index contributed by atoms with van der Waals surface area (Å²) in [6.45, 7) is 4.35. The Labute approximate surface area is 116 Å². The van der Waals surface area contributed by atoms with E-state index in [-0.39, 0.29) is 18.3 Å². The zero-order valence-corrected chi connectivity index (χ0v) is 12.0. The van der Waals surface area contributed by atoms with E-state index in [0.29, 0.717) is 18.9 Å². The number of nitrogens with one attached hydrogen (secondary N) is 1. The van der Waals surface area contributed by atoms with Crippen molar-refractivity contribution in [2.75, 3.05) is 39.9 Å². The molecule has 0 bridgehead atoms. The molecule has 2 fully saturated rings. The molecule has 1 N–H and O–H groups in total. The van der Waals surface area contributed by atoms with Gasteiger partial charge in [0.15, 0.2) is 0 Å². The topological polar surface area (TPSA) is 41.6 Å². The minimum Gasteiger partial charge on any atom is -0.379 e. The van der Waals surface area contributed by atoms with E-state index in [2.05, 4.69) is 5.32 Å². The van der Waals surface area contributed by atoms with Gasteiger partial charge in [-0.1, -0.05) is 0 Å². The van der Waals surface area contributed by atoms with Gasteiger partial charge in [-0.3, -0.25) is 4.79 Å². The van der Waals surface area contributed by atoms with Crippen LogP contribution in [0.5, 0.6) is 0 Å². The second-order valence-corrected chi connectivity index (χ2v) is 5.40. The average molecular weight is 277 g/mol. The number of carbonyl (C=O) groups is 1. The summed E-state index contributed by atoms with van der Waals surface area (Å²) in [5.74, 6) is 1.60. The van der Waals surface area contributed by atoms with Crippen molar-refractivity contribution >= 4 is 18.3 Å². The second kappa shape index (κ2) is 7.97. The molecule has 0 aromatic heterocycles. The normalized spacial score (nSPS) is 22.6. The highest BCUT2D eigenvalue weighted by molar-refractivity contribution is 5.85. The van der Waals surface area contributed by atoms with Crippen molar-refractivity contribution < 1.29 is 9.53 Å². The smallest absolute Gasteiger partial charge is 0.222 e. The van der Waals surface area contributed by atoms with Gasteiger partial charge in [0.05, 0.1) is 6.61 Å². The maximum Gasteiger partial charge on any atom is 0.222 e. The lowest BCUT2D eigenvalue weighted by Gasteiger charge is -2.19. The maximum atomic E-state index is 11.9. The molecular weight excluding hydrogens is 252 g/mol. The number of halogens is 1. The number of hydrogen-bond acceptors (Lipinski definition) is 3. The molecule has 1 heterocycles. The molecule has 106 valence electrons. The molecule has 1 amide bonds. The van der Waals surface area contributed by atoms with Crippen LogP contribution in [0.25, 0.3) is 0 Å². The number of nitrogens with zero attached hydrogens (tertiary/aromatic N) is 1. The molecule has 5 heteroatoms. The Kier molecular flexibility index (Phi) is 6.97. The lowest BCUT2D eigenvalue weighted by Crippen LogP contribution is -2.32. The first-order valence-electron chi connectivity index (χ1n) is 6.78. The maximum absolute atomic E-state index is 11.9. The first-order chi connectivity index (χ1) is 8.25. The van der Waals surface area contributed by atoms with E-state index in [4.69, 9.17) is 4.74 Å². The highest BCUT2D eigenvalue weighted by atomic mass is 35.5. The zero-order chi connectivity index (χ0) is 12.1. The monoisotopic (exact) mass is 276 g/mol. The molecule has 2 aliphatic rings. The van der Waals surface area contributed by atoms with Crippen molar-refractivity contribution in [1.82, 2.24) is 10.2 Å². The summed E-state index contributed by atoms with van der Waals surface area (Å²) in [5, 5.41) is 3.29. The second-order valence-electron chi connectivity index (χ2n) is 5.40. The van der Waals surface area contributed by atoms with Gasteiger partial charge in [-0.25, -0.2) is 0 Å². The quantitative estimate of drug-likeness (QED) is 0.713. The molecule has 1 unspecified atom stereocenters. The van der Waals surface area contributed by atoms with E-state index in [9.17, 15) is 4.79 Å². The molecule has 0 spiro atoms. The Morgan fingerprint density at radius 1 is 1.33 bits per heavy atom. The molecular formula is C13H25ClN2O2. The Morgan fingerprint density at radius 2 is 2.11 bits per heavy atom. The van der Waals surface area contributed by atoms with Crippen molar-refractivity contribution in [1.29, 1.82) is 0 Å². The van der Waals surface area contributed by atoms with Gasteiger partial charge in [0.1, 0.15) is 0 Å². The minimum absolute atomic E-state index is 0. The predicted octanol–water partition coefficient (Wildman–Crippen LogP) is 1.29. The number of ether oxygens (including phenoxy) is 1. The van der Waals surface area contributed by atoms with Crippen molar-refractivity contribution in [2.24, 2.45) is 11.8 Å². The van der Waals surface area contributed by atoms with Crippen LogP contribution in [0.3, 0.4) is 0 Å². The Bertz CT molecular complexity index is 253. The van der Waals surface area contributed by atoms with E-state index in [0.717, 1.165) is 38.6 Å². The molecule has 0 aromatic rings. The van der Waals surface area contributed by atoms with E-state index in [1.54, 1.807) is 0 Å². The average Bonchev–Trinajstić information content (AvgIpc) is 3.01. The summed E-state index contributed by atoms with van der Waals surface area (Å²) >= 11 is 0. The van der Waals surface area contributed by atoms with Crippen molar-refractivity contribution in [3.8, 4) is 0 Å². The fourth-order valence-corrected chi connectivity index (χ4v) is 2.15. The van der Waals surface area contributed by atoms with Crippen molar-refractivity contribution in [3.05, 3.63) is 0 Å². The molecule has 2 rings (SSSR count). The van der Waals surface area contributed by atoms with Crippen LogP contribution in [0.1, 0.15) is 25.7 Å². The van der Waals surface area contributed by atoms with Crippen molar-refractivity contribution in [3.63, 3.8) is 0 Å². The summed E-state index contributed by atoms with van der Waals surface area (Å²) in [6, 6.07) is 0. The van der Waals surface area contributed by atoms with Crippen LogP contribution in [0.4, 0.5) is 0 Å². The molecule has 1 saturated carbocycles. The summed E-state index contributed by atoms with van der Waals surface area (Å²) in [6.07, 6.45) is 4.47. The lowest BCUT2D eigenvalue weighted by molar-refractivity contribution is -0.131. The first kappa shape index (κ1) is 15.7. The Hall–Kier alpha value is -0.320. The van der Waals surface area contributed by atoms with E-state index in [1.807, 2.05) is 11.9 Å². The van der Waals surface area contributed by atoms with Crippen LogP contribution < -0.4 is 5.32 Å². The molecule has 0 aromatic carbocycles. The van der Waals surface area contributed by atoms with Crippen LogP contribution in [-0.2, 0) is 9.53 Å². The third-order valence-electron chi connectivity index (χ3n) is 3.67. The molecule has 1 aliphatic carbocycles. The largest absolute Gasteiger partial charge is 0.379 e.